The molecule has 0 fully saturated rings. The van der Waals surface area contributed by atoms with E-state index in [0.29, 0.717) is 19.3 Å². The quantitative estimate of drug-likeness (QED) is 0.371. The first-order chi connectivity index (χ1) is 7.88. The second-order valence-electron chi connectivity index (χ2n) is 5.40. The van der Waals surface area contributed by atoms with Crippen LogP contribution in [-0.4, -0.2) is 46.7 Å². The zero-order valence-electron chi connectivity index (χ0n) is 12.0. The fraction of sp³-hybridized carbons (Fsp3) is 0.923. The number of ether oxygens (including phenoxy) is 2. The van der Waals surface area contributed by atoms with Crippen LogP contribution in [0.3, 0.4) is 0 Å². The molecule has 0 aliphatic carbocycles. The fourth-order valence-electron chi connectivity index (χ4n) is 2.39. The zero-order chi connectivity index (χ0) is 13.1. The molecule has 3 nitrogen and oxygen atoms in total. The third kappa shape index (κ3) is 4.29. The van der Waals surface area contributed by atoms with Gasteiger partial charge in [-0.2, -0.15) is 0 Å². The number of alkyl halides is 1. The van der Waals surface area contributed by atoms with Crippen LogP contribution in [0.25, 0.3) is 0 Å². The summed E-state index contributed by atoms with van der Waals surface area (Å²) >= 11 is 3.59. The molecule has 1 unspecified atom stereocenters. The van der Waals surface area contributed by atoms with Gasteiger partial charge in [0, 0.05) is 13.2 Å². The first-order valence-electron chi connectivity index (χ1n) is 6.37. The van der Waals surface area contributed by atoms with Crippen molar-refractivity contribution in [2.75, 3.05) is 18.5 Å². The minimum atomic E-state index is -0.533. The largest absolute Gasteiger partial charge is 1.00 e. The Kier molecular flexibility index (Phi) is 7.59. The van der Waals surface area contributed by atoms with Gasteiger partial charge in [0.05, 0.1) is 11.8 Å². The molecular weight excluding hydrogens is 362 g/mol. The SMILES string of the molecule is CCOC1(OCC)C=[N+](C(C)(C)C)C(CBr)C1.[Br-]. The summed E-state index contributed by atoms with van der Waals surface area (Å²) in [5.41, 5.74) is 0.0917. The van der Waals surface area contributed by atoms with Crippen molar-refractivity contribution in [2.24, 2.45) is 0 Å². The van der Waals surface area contributed by atoms with E-state index in [1.54, 1.807) is 0 Å². The van der Waals surface area contributed by atoms with Crippen molar-refractivity contribution in [2.45, 2.75) is 58.4 Å². The Morgan fingerprint density at radius 3 is 2.06 bits per heavy atom. The molecule has 0 aromatic rings. The van der Waals surface area contributed by atoms with Crippen molar-refractivity contribution in [1.29, 1.82) is 0 Å². The highest BCUT2D eigenvalue weighted by Gasteiger charge is 2.50. The smallest absolute Gasteiger partial charge is 0.254 e. The standard InChI is InChI=1S/C13H25BrNO2.BrH/c1-6-16-13(17-7-2)8-11(9-14)15(10-13)12(3,4)5;/h10-11H,6-9H2,1-5H3;1H/q+1;/p-1. The lowest BCUT2D eigenvalue weighted by molar-refractivity contribution is -0.615. The Bertz CT molecular complexity index is 281. The van der Waals surface area contributed by atoms with Crippen molar-refractivity contribution < 1.29 is 31.0 Å². The summed E-state index contributed by atoms with van der Waals surface area (Å²) in [6.45, 7) is 12.0. The second kappa shape index (κ2) is 7.36. The van der Waals surface area contributed by atoms with E-state index in [2.05, 4.69) is 47.5 Å². The van der Waals surface area contributed by atoms with Crippen molar-refractivity contribution in [1.82, 2.24) is 0 Å². The van der Waals surface area contributed by atoms with Crippen LogP contribution in [0.2, 0.25) is 0 Å². The number of hydrogen-bond acceptors (Lipinski definition) is 2. The van der Waals surface area contributed by atoms with Crippen LogP contribution >= 0.6 is 15.9 Å². The highest BCUT2D eigenvalue weighted by Crippen LogP contribution is 2.30. The average Bonchev–Trinajstić information content (AvgIpc) is 2.58. The van der Waals surface area contributed by atoms with Gasteiger partial charge in [-0.05, 0) is 34.6 Å². The maximum atomic E-state index is 5.85. The summed E-state index contributed by atoms with van der Waals surface area (Å²) < 4.78 is 14.1. The molecule has 1 aliphatic heterocycles. The van der Waals surface area contributed by atoms with E-state index < -0.39 is 5.79 Å². The molecule has 0 aromatic heterocycles. The molecule has 0 N–H and O–H groups in total. The third-order valence-electron chi connectivity index (χ3n) is 2.98. The van der Waals surface area contributed by atoms with Gasteiger partial charge in [-0.25, -0.2) is 4.58 Å². The van der Waals surface area contributed by atoms with Gasteiger partial charge in [0.25, 0.3) is 5.79 Å². The van der Waals surface area contributed by atoms with Gasteiger partial charge in [-0.1, -0.05) is 15.9 Å². The lowest BCUT2D eigenvalue weighted by Crippen LogP contribution is -3.00. The minimum Gasteiger partial charge on any atom is -1.00 e. The summed E-state index contributed by atoms with van der Waals surface area (Å²) in [5.74, 6) is -0.533. The molecule has 1 atom stereocenters. The molecule has 108 valence electrons. The minimum absolute atomic E-state index is 0. The summed E-state index contributed by atoms with van der Waals surface area (Å²) in [5, 5.41) is 0.933. The Hall–Kier alpha value is 0.550. The Labute approximate surface area is 130 Å². The van der Waals surface area contributed by atoms with E-state index in [1.165, 1.54) is 0 Å². The number of hydrogen-bond donors (Lipinski definition) is 0. The summed E-state index contributed by atoms with van der Waals surface area (Å²) in [7, 11) is 0. The number of rotatable bonds is 5. The maximum absolute atomic E-state index is 5.85. The third-order valence-corrected chi connectivity index (χ3v) is 3.73. The fourth-order valence-corrected chi connectivity index (χ4v) is 2.93. The zero-order valence-corrected chi connectivity index (χ0v) is 15.2. The highest BCUT2D eigenvalue weighted by atomic mass is 79.9. The van der Waals surface area contributed by atoms with Gasteiger partial charge < -0.3 is 26.5 Å². The van der Waals surface area contributed by atoms with Crippen LogP contribution in [0.15, 0.2) is 0 Å². The predicted octanol–water partition coefficient (Wildman–Crippen LogP) is -0.191. The Morgan fingerprint density at radius 2 is 1.78 bits per heavy atom. The Balaban J connectivity index is 0.00000289. The van der Waals surface area contributed by atoms with Gasteiger partial charge in [-0.15, -0.1) is 0 Å². The van der Waals surface area contributed by atoms with E-state index in [0.717, 1.165) is 11.8 Å². The molecule has 0 amide bonds. The molecular formula is C13H25Br2NO2. The normalized spacial score (nSPS) is 22.6. The molecule has 1 rings (SSSR count). The molecule has 0 aromatic carbocycles. The molecule has 1 heterocycles. The molecule has 0 radical (unpaired) electrons. The molecule has 0 saturated carbocycles. The Morgan fingerprint density at radius 1 is 1.28 bits per heavy atom. The topological polar surface area (TPSA) is 21.5 Å². The highest BCUT2D eigenvalue weighted by molar-refractivity contribution is 9.09. The lowest BCUT2D eigenvalue weighted by atomic mass is 10.1. The summed E-state index contributed by atoms with van der Waals surface area (Å²) in [6.07, 6.45) is 3.02. The molecule has 0 bridgehead atoms. The first kappa shape index (κ1) is 18.6. The van der Waals surface area contributed by atoms with E-state index in [4.69, 9.17) is 9.47 Å². The van der Waals surface area contributed by atoms with Crippen molar-refractivity contribution >= 4 is 22.1 Å². The number of nitrogens with zero attached hydrogens (tertiary/aromatic N) is 1. The van der Waals surface area contributed by atoms with Crippen molar-refractivity contribution in [3.8, 4) is 0 Å². The van der Waals surface area contributed by atoms with E-state index in [-0.39, 0.29) is 22.5 Å². The van der Waals surface area contributed by atoms with Gasteiger partial charge in [-0.3, -0.25) is 0 Å². The van der Waals surface area contributed by atoms with Gasteiger partial charge in [0.2, 0.25) is 6.21 Å². The van der Waals surface area contributed by atoms with Gasteiger partial charge >= 0.3 is 0 Å². The molecule has 5 heteroatoms. The van der Waals surface area contributed by atoms with E-state index in [9.17, 15) is 0 Å². The van der Waals surface area contributed by atoms with Crippen LogP contribution in [0.4, 0.5) is 0 Å². The maximum Gasteiger partial charge on any atom is 0.254 e. The van der Waals surface area contributed by atoms with Crippen molar-refractivity contribution in [3.63, 3.8) is 0 Å². The molecule has 1 aliphatic rings. The van der Waals surface area contributed by atoms with Gasteiger partial charge in [0.1, 0.15) is 0 Å². The molecule has 0 spiro atoms. The van der Waals surface area contributed by atoms with E-state index in [1.807, 2.05) is 13.8 Å². The average molecular weight is 387 g/mol. The number of halogens is 2. The second-order valence-corrected chi connectivity index (χ2v) is 6.04. The van der Waals surface area contributed by atoms with Crippen LogP contribution in [0, 0.1) is 0 Å². The first-order valence-corrected chi connectivity index (χ1v) is 7.49. The predicted molar refractivity (Wildman–Crippen MR) is 74.3 cm³/mol. The molecule has 0 saturated heterocycles. The van der Waals surface area contributed by atoms with Gasteiger partial charge in [0.15, 0.2) is 11.6 Å². The van der Waals surface area contributed by atoms with Crippen LogP contribution in [0.1, 0.15) is 41.0 Å². The monoisotopic (exact) mass is 385 g/mol. The lowest BCUT2D eigenvalue weighted by Gasteiger charge is -2.23. The van der Waals surface area contributed by atoms with E-state index >= 15 is 0 Å². The van der Waals surface area contributed by atoms with Crippen molar-refractivity contribution in [3.05, 3.63) is 0 Å². The van der Waals surface area contributed by atoms with Crippen LogP contribution in [0.5, 0.6) is 0 Å². The molecule has 18 heavy (non-hydrogen) atoms. The summed E-state index contributed by atoms with van der Waals surface area (Å²) in [4.78, 5) is 0. The van der Waals surface area contributed by atoms with Crippen LogP contribution in [-0.2, 0) is 9.47 Å². The summed E-state index contributed by atoms with van der Waals surface area (Å²) in [6, 6.07) is 0.424. The van der Waals surface area contributed by atoms with Crippen LogP contribution < -0.4 is 17.0 Å².